The molecule has 0 aliphatic heterocycles. The predicted octanol–water partition coefficient (Wildman–Crippen LogP) is 2.35. The van der Waals surface area contributed by atoms with Gasteiger partial charge in [-0.05, 0) is 38.3 Å². The van der Waals surface area contributed by atoms with E-state index >= 15 is 0 Å². The maximum Gasteiger partial charge on any atom is 0.261 e. The van der Waals surface area contributed by atoms with Crippen molar-refractivity contribution >= 4 is 10.9 Å². The van der Waals surface area contributed by atoms with Gasteiger partial charge in [0.2, 0.25) is 0 Å². The number of aromatic nitrogens is 2. The third-order valence-corrected chi connectivity index (χ3v) is 3.23. The van der Waals surface area contributed by atoms with Gasteiger partial charge in [-0.25, -0.2) is 4.98 Å². The van der Waals surface area contributed by atoms with E-state index in [2.05, 4.69) is 4.98 Å². The van der Waals surface area contributed by atoms with Gasteiger partial charge < -0.3 is 0 Å². The molecule has 0 radical (unpaired) electrons. The van der Waals surface area contributed by atoms with E-state index in [4.69, 9.17) is 0 Å². The summed E-state index contributed by atoms with van der Waals surface area (Å²) in [6, 6.07) is 6.22. The second kappa shape index (κ2) is 3.17. The standard InChI is InChI=1S/C13H14N2O/c1-8-4-3-5-11-12(8)13(16)15(9(2)14-11)10-6-7-10/h3-5,10H,6-7H2,1-2H3. The van der Waals surface area contributed by atoms with Crippen molar-refractivity contribution in [2.24, 2.45) is 0 Å². The zero-order chi connectivity index (χ0) is 11.3. The van der Waals surface area contributed by atoms with E-state index in [1.807, 2.05) is 36.6 Å². The Morgan fingerprint density at radius 1 is 1.31 bits per heavy atom. The Morgan fingerprint density at radius 2 is 2.06 bits per heavy atom. The minimum absolute atomic E-state index is 0.128. The zero-order valence-corrected chi connectivity index (χ0v) is 9.53. The van der Waals surface area contributed by atoms with Crippen LogP contribution in [-0.2, 0) is 0 Å². The molecule has 3 nitrogen and oxygen atoms in total. The van der Waals surface area contributed by atoms with Crippen LogP contribution >= 0.6 is 0 Å². The molecule has 2 aromatic rings. The number of benzene rings is 1. The van der Waals surface area contributed by atoms with E-state index in [9.17, 15) is 4.79 Å². The van der Waals surface area contributed by atoms with Crippen LogP contribution in [0.1, 0.15) is 30.3 Å². The monoisotopic (exact) mass is 214 g/mol. The zero-order valence-electron chi connectivity index (χ0n) is 9.53. The fourth-order valence-electron chi connectivity index (χ4n) is 2.28. The van der Waals surface area contributed by atoms with Crippen LogP contribution in [0.4, 0.5) is 0 Å². The molecule has 1 aliphatic rings. The van der Waals surface area contributed by atoms with Gasteiger partial charge in [-0.15, -0.1) is 0 Å². The van der Waals surface area contributed by atoms with Gasteiger partial charge in [-0.1, -0.05) is 12.1 Å². The molecule has 1 saturated carbocycles. The Labute approximate surface area is 93.7 Å². The summed E-state index contributed by atoms with van der Waals surface area (Å²) < 4.78 is 1.86. The van der Waals surface area contributed by atoms with Gasteiger partial charge in [-0.2, -0.15) is 0 Å². The van der Waals surface area contributed by atoms with Gasteiger partial charge in [0.15, 0.2) is 0 Å². The molecule has 1 heterocycles. The average molecular weight is 214 g/mol. The molecule has 0 atom stereocenters. The second-order valence-electron chi connectivity index (χ2n) is 4.53. The number of nitrogens with zero attached hydrogens (tertiary/aromatic N) is 2. The maximum atomic E-state index is 12.4. The SMILES string of the molecule is Cc1cccc2nc(C)n(C3CC3)c(=O)c12. The number of hydrogen-bond acceptors (Lipinski definition) is 2. The Bertz CT molecular complexity index is 624. The molecule has 0 saturated heterocycles. The number of aryl methyl sites for hydroxylation is 2. The van der Waals surface area contributed by atoms with Crippen molar-refractivity contribution in [1.82, 2.24) is 9.55 Å². The Kier molecular flexibility index (Phi) is 1.90. The Hall–Kier alpha value is -1.64. The molecule has 3 rings (SSSR count). The molecule has 0 N–H and O–H groups in total. The molecular weight excluding hydrogens is 200 g/mol. The van der Waals surface area contributed by atoms with E-state index in [1.54, 1.807) is 0 Å². The van der Waals surface area contributed by atoms with Crippen LogP contribution in [0.15, 0.2) is 23.0 Å². The van der Waals surface area contributed by atoms with Gasteiger partial charge in [0.1, 0.15) is 5.82 Å². The topological polar surface area (TPSA) is 34.9 Å². The summed E-state index contributed by atoms with van der Waals surface area (Å²) in [7, 11) is 0. The lowest BCUT2D eigenvalue weighted by Crippen LogP contribution is -2.23. The van der Waals surface area contributed by atoms with Crippen LogP contribution in [0.5, 0.6) is 0 Å². The smallest absolute Gasteiger partial charge is 0.261 e. The maximum absolute atomic E-state index is 12.4. The summed E-state index contributed by atoms with van der Waals surface area (Å²) in [6.07, 6.45) is 2.22. The molecule has 1 aromatic heterocycles. The molecule has 0 spiro atoms. The lowest BCUT2D eigenvalue weighted by Gasteiger charge is -2.10. The minimum atomic E-state index is 0.128. The summed E-state index contributed by atoms with van der Waals surface area (Å²) in [5, 5.41) is 0.778. The van der Waals surface area contributed by atoms with Crippen molar-refractivity contribution in [3.63, 3.8) is 0 Å². The van der Waals surface area contributed by atoms with Crippen molar-refractivity contribution < 1.29 is 0 Å². The van der Waals surface area contributed by atoms with Gasteiger partial charge in [0.25, 0.3) is 5.56 Å². The highest BCUT2D eigenvalue weighted by Crippen LogP contribution is 2.34. The second-order valence-corrected chi connectivity index (χ2v) is 4.53. The van der Waals surface area contributed by atoms with E-state index < -0.39 is 0 Å². The molecule has 1 fully saturated rings. The molecule has 1 aromatic carbocycles. The molecular formula is C13H14N2O. The number of rotatable bonds is 1. The molecule has 16 heavy (non-hydrogen) atoms. The van der Waals surface area contributed by atoms with Crippen LogP contribution in [-0.4, -0.2) is 9.55 Å². The van der Waals surface area contributed by atoms with E-state index in [1.165, 1.54) is 0 Å². The lowest BCUT2D eigenvalue weighted by molar-refractivity contribution is 0.667. The first-order valence-corrected chi connectivity index (χ1v) is 5.67. The van der Waals surface area contributed by atoms with E-state index in [0.717, 1.165) is 35.1 Å². The van der Waals surface area contributed by atoms with Crippen molar-refractivity contribution in [2.45, 2.75) is 32.7 Å². The number of hydrogen-bond donors (Lipinski definition) is 0. The van der Waals surface area contributed by atoms with Crippen molar-refractivity contribution in [1.29, 1.82) is 0 Å². The van der Waals surface area contributed by atoms with Crippen LogP contribution < -0.4 is 5.56 Å². The van der Waals surface area contributed by atoms with Crippen molar-refractivity contribution in [3.8, 4) is 0 Å². The molecule has 82 valence electrons. The fraction of sp³-hybridized carbons (Fsp3) is 0.385. The van der Waals surface area contributed by atoms with Crippen LogP contribution in [0.2, 0.25) is 0 Å². The van der Waals surface area contributed by atoms with Crippen LogP contribution in [0.3, 0.4) is 0 Å². The number of fused-ring (bicyclic) bond motifs is 1. The molecule has 0 bridgehead atoms. The van der Waals surface area contributed by atoms with Crippen LogP contribution in [0, 0.1) is 13.8 Å². The summed E-state index contributed by atoms with van der Waals surface area (Å²) in [5.41, 5.74) is 1.96. The van der Waals surface area contributed by atoms with Gasteiger partial charge >= 0.3 is 0 Å². The average Bonchev–Trinajstić information content (AvgIpc) is 3.01. The molecule has 0 amide bonds. The van der Waals surface area contributed by atoms with E-state index in [-0.39, 0.29) is 5.56 Å². The fourth-order valence-corrected chi connectivity index (χ4v) is 2.28. The lowest BCUT2D eigenvalue weighted by atomic mass is 10.1. The highest BCUT2D eigenvalue weighted by Gasteiger charge is 2.27. The first-order valence-electron chi connectivity index (χ1n) is 5.67. The largest absolute Gasteiger partial charge is 0.293 e. The molecule has 1 aliphatic carbocycles. The van der Waals surface area contributed by atoms with Crippen LogP contribution in [0.25, 0.3) is 10.9 Å². The van der Waals surface area contributed by atoms with Gasteiger partial charge in [0.05, 0.1) is 10.9 Å². The summed E-state index contributed by atoms with van der Waals surface area (Å²) in [4.78, 5) is 16.9. The Morgan fingerprint density at radius 3 is 2.75 bits per heavy atom. The third-order valence-electron chi connectivity index (χ3n) is 3.23. The molecule has 0 unspecified atom stereocenters. The minimum Gasteiger partial charge on any atom is -0.293 e. The first kappa shape index (κ1) is 9.58. The van der Waals surface area contributed by atoms with Gasteiger partial charge in [0, 0.05) is 6.04 Å². The van der Waals surface area contributed by atoms with Crippen molar-refractivity contribution in [2.75, 3.05) is 0 Å². The summed E-state index contributed by atoms with van der Waals surface area (Å²) >= 11 is 0. The highest BCUT2D eigenvalue weighted by molar-refractivity contribution is 5.81. The quantitative estimate of drug-likeness (QED) is 0.730. The summed E-state index contributed by atoms with van der Waals surface area (Å²) in [6.45, 7) is 3.89. The Balaban J connectivity index is 2.45. The van der Waals surface area contributed by atoms with E-state index in [0.29, 0.717) is 6.04 Å². The highest BCUT2D eigenvalue weighted by atomic mass is 16.1. The normalized spacial score (nSPS) is 15.6. The van der Waals surface area contributed by atoms with Crippen molar-refractivity contribution in [3.05, 3.63) is 39.9 Å². The third kappa shape index (κ3) is 1.28. The first-order chi connectivity index (χ1) is 7.68. The summed E-state index contributed by atoms with van der Waals surface area (Å²) in [5.74, 6) is 0.839. The predicted molar refractivity (Wildman–Crippen MR) is 63.7 cm³/mol. The molecule has 3 heteroatoms. The van der Waals surface area contributed by atoms with Gasteiger partial charge in [-0.3, -0.25) is 9.36 Å².